The first kappa shape index (κ1) is 28.6. The average Bonchev–Trinajstić information content (AvgIpc) is 2.94. The molecule has 0 spiro atoms. The van der Waals surface area contributed by atoms with Gasteiger partial charge in [0.05, 0.1) is 46.8 Å². The number of amides is 1. The van der Waals surface area contributed by atoms with Crippen LogP contribution in [0.1, 0.15) is 23.7 Å². The summed E-state index contributed by atoms with van der Waals surface area (Å²) in [7, 11) is -2.71. The highest BCUT2D eigenvalue weighted by Gasteiger charge is 2.21. The van der Waals surface area contributed by atoms with Gasteiger partial charge in [-0.05, 0) is 49.4 Å². The number of hydrogen-bond acceptors (Lipinski definition) is 9. The summed E-state index contributed by atoms with van der Waals surface area (Å²) in [6, 6.07) is 17.4. The number of ether oxygens (including phenoxy) is 2. The zero-order valence-electron chi connectivity index (χ0n) is 21.6. The monoisotopic (exact) mass is 583 g/mol. The molecule has 40 heavy (non-hydrogen) atoms. The maximum absolute atomic E-state index is 13.4. The summed E-state index contributed by atoms with van der Waals surface area (Å²) in [5.74, 6) is -0.436. The minimum Gasteiger partial charge on any atom is -0.497 e. The summed E-state index contributed by atoms with van der Waals surface area (Å²) < 4.78 is 39.4. The van der Waals surface area contributed by atoms with Gasteiger partial charge in [0.2, 0.25) is 0 Å². The third-order valence-electron chi connectivity index (χ3n) is 5.55. The van der Waals surface area contributed by atoms with E-state index in [2.05, 4.69) is 25.3 Å². The SMILES string of the molecule is CCOC(=O)CCNC(=O)c1cccc(S(=O)(=O)Nc2nc3ccccc3nc2Nc2cc(OC)ccc2Cl)c1. The van der Waals surface area contributed by atoms with Crippen molar-refractivity contribution in [1.29, 1.82) is 0 Å². The van der Waals surface area contributed by atoms with Gasteiger partial charge in [-0.3, -0.25) is 14.3 Å². The number of aromatic nitrogens is 2. The molecule has 0 aliphatic heterocycles. The van der Waals surface area contributed by atoms with Gasteiger partial charge in [0.25, 0.3) is 15.9 Å². The van der Waals surface area contributed by atoms with Gasteiger partial charge in [-0.25, -0.2) is 18.4 Å². The van der Waals surface area contributed by atoms with E-state index >= 15 is 0 Å². The van der Waals surface area contributed by atoms with E-state index < -0.39 is 21.9 Å². The predicted octanol–water partition coefficient (Wildman–Crippen LogP) is 4.52. The normalized spacial score (nSPS) is 11.1. The molecule has 0 saturated heterocycles. The molecule has 4 aromatic rings. The van der Waals surface area contributed by atoms with Crippen molar-refractivity contribution in [2.45, 2.75) is 18.2 Å². The molecule has 208 valence electrons. The fourth-order valence-electron chi connectivity index (χ4n) is 3.62. The number of hydrogen-bond donors (Lipinski definition) is 3. The molecular formula is C27H26ClN5O6S. The van der Waals surface area contributed by atoms with Gasteiger partial charge >= 0.3 is 5.97 Å². The van der Waals surface area contributed by atoms with Gasteiger partial charge < -0.3 is 20.1 Å². The van der Waals surface area contributed by atoms with E-state index in [0.717, 1.165) is 0 Å². The zero-order chi connectivity index (χ0) is 28.7. The van der Waals surface area contributed by atoms with Gasteiger partial charge in [0, 0.05) is 18.2 Å². The Kier molecular flexibility index (Phi) is 9.02. The van der Waals surface area contributed by atoms with Crippen LogP contribution in [0.25, 0.3) is 11.0 Å². The molecule has 13 heteroatoms. The number of anilines is 3. The van der Waals surface area contributed by atoms with Crippen LogP contribution < -0.4 is 20.1 Å². The van der Waals surface area contributed by atoms with Crippen LogP contribution in [0.15, 0.2) is 71.6 Å². The molecule has 0 radical (unpaired) electrons. The second kappa shape index (κ2) is 12.6. The molecule has 0 fully saturated rings. The second-order valence-electron chi connectivity index (χ2n) is 8.32. The first-order chi connectivity index (χ1) is 19.2. The summed E-state index contributed by atoms with van der Waals surface area (Å²) >= 11 is 6.35. The summed E-state index contributed by atoms with van der Waals surface area (Å²) in [5.41, 5.74) is 1.50. The fourth-order valence-corrected chi connectivity index (χ4v) is 4.84. The molecule has 4 rings (SSSR count). The lowest BCUT2D eigenvalue weighted by Crippen LogP contribution is -2.27. The molecule has 1 amide bonds. The summed E-state index contributed by atoms with van der Waals surface area (Å²) in [6.07, 6.45) is -0.00710. The van der Waals surface area contributed by atoms with Crippen LogP contribution in [-0.2, 0) is 19.6 Å². The average molecular weight is 584 g/mol. The van der Waals surface area contributed by atoms with Crippen LogP contribution in [0.3, 0.4) is 0 Å². The van der Waals surface area contributed by atoms with E-state index in [4.69, 9.17) is 21.1 Å². The Morgan fingerprint density at radius 1 is 0.950 bits per heavy atom. The van der Waals surface area contributed by atoms with Crippen LogP contribution >= 0.6 is 11.6 Å². The van der Waals surface area contributed by atoms with Crippen LogP contribution in [0.5, 0.6) is 5.75 Å². The van der Waals surface area contributed by atoms with Gasteiger partial charge in [0.1, 0.15) is 5.75 Å². The highest BCUT2D eigenvalue weighted by atomic mass is 35.5. The molecule has 0 unspecified atom stereocenters. The number of nitrogens with one attached hydrogen (secondary N) is 3. The maximum Gasteiger partial charge on any atom is 0.307 e. The number of halogens is 1. The minimum absolute atomic E-state index is 0.00710. The van der Waals surface area contributed by atoms with Crippen LogP contribution in [0.2, 0.25) is 5.02 Å². The van der Waals surface area contributed by atoms with Crippen molar-refractivity contribution in [3.05, 3.63) is 77.3 Å². The molecule has 0 bridgehead atoms. The van der Waals surface area contributed by atoms with Gasteiger partial charge in [0.15, 0.2) is 11.6 Å². The molecule has 3 aromatic carbocycles. The first-order valence-electron chi connectivity index (χ1n) is 12.1. The van der Waals surface area contributed by atoms with E-state index in [1.807, 2.05) is 0 Å². The molecule has 3 N–H and O–H groups in total. The van der Waals surface area contributed by atoms with Crippen molar-refractivity contribution in [2.75, 3.05) is 30.3 Å². The number of methoxy groups -OCH3 is 1. The quantitative estimate of drug-likeness (QED) is 0.217. The topological polar surface area (TPSA) is 149 Å². The lowest BCUT2D eigenvalue weighted by molar-refractivity contribution is -0.142. The smallest absolute Gasteiger partial charge is 0.307 e. The molecule has 0 atom stereocenters. The molecule has 1 aromatic heterocycles. The third-order valence-corrected chi connectivity index (χ3v) is 7.22. The molecule has 1 heterocycles. The van der Waals surface area contributed by atoms with Crippen molar-refractivity contribution < 1.29 is 27.5 Å². The Labute approximate surface area is 235 Å². The Morgan fingerprint density at radius 2 is 1.68 bits per heavy atom. The van der Waals surface area contributed by atoms with Crippen molar-refractivity contribution >= 4 is 61.9 Å². The number of sulfonamides is 1. The molecule has 0 aliphatic rings. The Hall–Kier alpha value is -4.42. The van der Waals surface area contributed by atoms with Crippen molar-refractivity contribution in [2.24, 2.45) is 0 Å². The molecule has 11 nitrogen and oxygen atoms in total. The number of esters is 1. The highest BCUT2D eigenvalue weighted by Crippen LogP contribution is 2.32. The highest BCUT2D eigenvalue weighted by molar-refractivity contribution is 7.92. The number of para-hydroxylation sites is 2. The van der Waals surface area contributed by atoms with Gasteiger partial charge in [-0.15, -0.1) is 0 Å². The van der Waals surface area contributed by atoms with E-state index in [1.54, 1.807) is 49.4 Å². The van der Waals surface area contributed by atoms with Gasteiger partial charge in [-0.2, -0.15) is 0 Å². The van der Waals surface area contributed by atoms with E-state index in [1.165, 1.54) is 31.4 Å². The Balaban J connectivity index is 1.62. The summed E-state index contributed by atoms with van der Waals surface area (Å²) in [5, 5.41) is 5.97. The van der Waals surface area contributed by atoms with Crippen LogP contribution in [0.4, 0.5) is 17.3 Å². The van der Waals surface area contributed by atoms with Crippen molar-refractivity contribution in [3.8, 4) is 5.75 Å². The largest absolute Gasteiger partial charge is 0.497 e. The Morgan fingerprint density at radius 3 is 2.38 bits per heavy atom. The molecule has 0 saturated carbocycles. The number of carbonyl (C=O) groups excluding carboxylic acids is 2. The summed E-state index contributed by atoms with van der Waals surface area (Å²) in [4.78, 5) is 32.9. The van der Waals surface area contributed by atoms with Crippen molar-refractivity contribution in [3.63, 3.8) is 0 Å². The van der Waals surface area contributed by atoms with Crippen LogP contribution in [-0.4, -0.2) is 50.5 Å². The zero-order valence-corrected chi connectivity index (χ0v) is 23.2. The van der Waals surface area contributed by atoms with E-state index in [9.17, 15) is 18.0 Å². The minimum atomic E-state index is -4.22. The number of carbonyl (C=O) groups is 2. The Bertz CT molecular complexity index is 1660. The van der Waals surface area contributed by atoms with Crippen molar-refractivity contribution in [1.82, 2.24) is 15.3 Å². The predicted molar refractivity (Wildman–Crippen MR) is 152 cm³/mol. The number of rotatable bonds is 11. The van der Waals surface area contributed by atoms with E-state index in [0.29, 0.717) is 27.5 Å². The third kappa shape index (κ3) is 6.96. The van der Waals surface area contributed by atoms with Gasteiger partial charge in [-0.1, -0.05) is 29.8 Å². The standard InChI is InChI=1S/C27H26ClN5O6S/c1-3-39-24(34)13-14-29-27(35)17-7-6-8-19(15-17)40(36,37)33-26-25(30-21-9-4-5-10-22(21)31-26)32-23-16-18(38-2)11-12-20(23)28/h4-12,15-16H,3,13-14H2,1-2H3,(H,29,35)(H,30,32)(H,31,33). The number of benzene rings is 3. The van der Waals surface area contributed by atoms with E-state index in [-0.39, 0.29) is 41.7 Å². The maximum atomic E-state index is 13.4. The number of fused-ring (bicyclic) bond motifs is 1. The molecular weight excluding hydrogens is 558 g/mol. The first-order valence-corrected chi connectivity index (χ1v) is 14.0. The number of nitrogens with zero attached hydrogens (tertiary/aromatic N) is 2. The molecule has 0 aliphatic carbocycles. The lowest BCUT2D eigenvalue weighted by Gasteiger charge is -2.15. The summed E-state index contributed by atoms with van der Waals surface area (Å²) in [6.45, 7) is 1.97. The second-order valence-corrected chi connectivity index (χ2v) is 10.4. The van der Waals surface area contributed by atoms with Crippen LogP contribution in [0, 0.1) is 0 Å². The fraction of sp³-hybridized carbons (Fsp3) is 0.185. The lowest BCUT2D eigenvalue weighted by atomic mass is 10.2.